The lowest BCUT2D eigenvalue weighted by Gasteiger charge is -2.09. The van der Waals surface area contributed by atoms with E-state index >= 15 is 0 Å². The maximum absolute atomic E-state index is 12.6. The van der Waals surface area contributed by atoms with Crippen LogP contribution in [0, 0.1) is 6.92 Å². The number of carbonyl (C=O) groups is 1. The highest BCUT2D eigenvalue weighted by Crippen LogP contribution is 2.23. The van der Waals surface area contributed by atoms with E-state index in [-0.39, 0.29) is 5.91 Å². The molecular formula is C20H17N3O2S. The fraction of sp³-hybridized carbons (Fsp3) is 0.150. The minimum absolute atomic E-state index is 0.154. The maximum atomic E-state index is 12.6. The molecule has 2 aromatic heterocycles. The summed E-state index contributed by atoms with van der Waals surface area (Å²) >= 11 is 1.59. The van der Waals surface area contributed by atoms with Crippen molar-refractivity contribution < 1.29 is 9.53 Å². The highest BCUT2D eigenvalue weighted by atomic mass is 32.1. The molecule has 0 spiro atoms. The molecule has 0 atom stereocenters. The van der Waals surface area contributed by atoms with Gasteiger partial charge in [-0.2, -0.15) is 0 Å². The van der Waals surface area contributed by atoms with Crippen molar-refractivity contribution in [2.45, 2.75) is 13.5 Å². The summed E-state index contributed by atoms with van der Waals surface area (Å²) in [6.45, 7) is 2.24. The predicted octanol–water partition coefficient (Wildman–Crippen LogP) is 4.09. The summed E-state index contributed by atoms with van der Waals surface area (Å²) in [6.07, 6.45) is 0. The average molecular weight is 363 g/mol. The number of carbonyl (C=O) groups excluding carboxylic acids is 1. The highest BCUT2D eigenvalue weighted by molar-refractivity contribution is 7.18. The fourth-order valence-corrected chi connectivity index (χ4v) is 3.76. The van der Waals surface area contributed by atoms with E-state index in [1.165, 1.54) is 0 Å². The Balaban J connectivity index is 1.57. The van der Waals surface area contributed by atoms with E-state index in [9.17, 15) is 4.79 Å². The summed E-state index contributed by atoms with van der Waals surface area (Å²) in [7, 11) is 1.62. The van der Waals surface area contributed by atoms with Gasteiger partial charge in [0.2, 0.25) is 0 Å². The van der Waals surface area contributed by atoms with E-state index in [2.05, 4.69) is 15.3 Å². The van der Waals surface area contributed by atoms with E-state index in [1.54, 1.807) is 18.4 Å². The number of benzene rings is 2. The molecule has 0 aliphatic heterocycles. The normalized spacial score (nSPS) is 11.0. The van der Waals surface area contributed by atoms with Crippen molar-refractivity contribution in [1.29, 1.82) is 0 Å². The van der Waals surface area contributed by atoms with Crippen molar-refractivity contribution >= 4 is 38.4 Å². The van der Waals surface area contributed by atoms with Gasteiger partial charge < -0.3 is 10.1 Å². The Morgan fingerprint density at radius 1 is 1.12 bits per heavy atom. The monoisotopic (exact) mass is 363 g/mol. The van der Waals surface area contributed by atoms with Crippen molar-refractivity contribution in [2.75, 3.05) is 7.11 Å². The molecule has 4 rings (SSSR count). The van der Waals surface area contributed by atoms with E-state index in [0.29, 0.717) is 17.8 Å². The Morgan fingerprint density at radius 3 is 2.77 bits per heavy atom. The zero-order valence-electron chi connectivity index (χ0n) is 14.4. The molecule has 4 aromatic rings. The first kappa shape index (κ1) is 16.5. The Kier molecular flexibility index (Phi) is 4.26. The Bertz CT molecular complexity index is 1090. The molecule has 130 valence electrons. The van der Waals surface area contributed by atoms with Gasteiger partial charge in [0.25, 0.3) is 5.91 Å². The fourth-order valence-electron chi connectivity index (χ4n) is 2.85. The number of thiazole rings is 1. The minimum atomic E-state index is -0.154. The number of methoxy groups -OCH3 is 1. The molecule has 0 radical (unpaired) electrons. The molecule has 1 amide bonds. The first-order chi connectivity index (χ1) is 12.6. The zero-order chi connectivity index (χ0) is 18.1. The first-order valence-corrected chi connectivity index (χ1v) is 9.04. The third kappa shape index (κ3) is 3.11. The summed E-state index contributed by atoms with van der Waals surface area (Å²) in [6, 6.07) is 15.4. The number of fused-ring (bicyclic) bond motifs is 2. The molecule has 2 heterocycles. The number of hydrogen-bond donors (Lipinski definition) is 1. The largest absolute Gasteiger partial charge is 0.497 e. The van der Waals surface area contributed by atoms with Crippen molar-refractivity contribution in [3.8, 4) is 5.75 Å². The molecule has 0 aliphatic carbocycles. The van der Waals surface area contributed by atoms with Gasteiger partial charge in [-0.05, 0) is 43.3 Å². The molecular weight excluding hydrogens is 346 g/mol. The summed E-state index contributed by atoms with van der Waals surface area (Å²) in [5.74, 6) is 0.586. The van der Waals surface area contributed by atoms with Crippen molar-refractivity contribution in [3.05, 3.63) is 64.8 Å². The number of hydrogen-bond acceptors (Lipinski definition) is 5. The number of rotatable bonds is 4. The van der Waals surface area contributed by atoms with Crippen LogP contribution < -0.4 is 10.1 Å². The van der Waals surface area contributed by atoms with Crippen LogP contribution in [-0.2, 0) is 6.54 Å². The summed E-state index contributed by atoms with van der Waals surface area (Å²) in [5.41, 5.74) is 3.06. The molecule has 2 aromatic carbocycles. The predicted molar refractivity (Wildman–Crippen MR) is 104 cm³/mol. The van der Waals surface area contributed by atoms with Gasteiger partial charge in [-0.25, -0.2) is 4.98 Å². The van der Waals surface area contributed by atoms with Gasteiger partial charge in [0.05, 0.1) is 40.6 Å². The van der Waals surface area contributed by atoms with Crippen LogP contribution in [0.25, 0.3) is 21.1 Å². The number of nitrogens with one attached hydrogen (secondary N) is 1. The number of pyridine rings is 1. The van der Waals surface area contributed by atoms with E-state index in [0.717, 1.165) is 31.9 Å². The molecule has 26 heavy (non-hydrogen) atoms. The van der Waals surface area contributed by atoms with Crippen LogP contribution in [-0.4, -0.2) is 23.0 Å². The van der Waals surface area contributed by atoms with E-state index < -0.39 is 0 Å². The molecule has 0 saturated carbocycles. The number of aromatic nitrogens is 2. The Morgan fingerprint density at radius 2 is 1.96 bits per heavy atom. The van der Waals surface area contributed by atoms with Gasteiger partial charge in [-0.3, -0.25) is 9.78 Å². The second-order valence-corrected chi connectivity index (χ2v) is 7.05. The second-order valence-electron chi connectivity index (χ2n) is 5.94. The van der Waals surface area contributed by atoms with Crippen molar-refractivity contribution in [3.63, 3.8) is 0 Å². The molecule has 0 saturated heterocycles. The van der Waals surface area contributed by atoms with Crippen LogP contribution in [0.5, 0.6) is 5.75 Å². The van der Waals surface area contributed by atoms with Gasteiger partial charge >= 0.3 is 0 Å². The molecule has 0 aliphatic rings. The van der Waals surface area contributed by atoms with Crippen LogP contribution in [0.1, 0.15) is 21.1 Å². The molecule has 5 nitrogen and oxygen atoms in total. The molecule has 0 bridgehead atoms. The van der Waals surface area contributed by atoms with Crippen LogP contribution in [0.2, 0.25) is 0 Å². The van der Waals surface area contributed by atoms with Gasteiger partial charge in [0, 0.05) is 5.39 Å². The standard InChI is InChI=1S/C20H17N3O2S/c1-12-15(10-13-9-14(25-2)7-8-16(13)22-12)20(24)21-11-19-23-17-5-3-4-6-18(17)26-19/h3-10H,11H2,1-2H3,(H,21,24). The number of para-hydroxylation sites is 1. The lowest BCUT2D eigenvalue weighted by Crippen LogP contribution is -2.23. The van der Waals surface area contributed by atoms with Crippen LogP contribution in [0.3, 0.4) is 0 Å². The average Bonchev–Trinajstić information content (AvgIpc) is 3.08. The molecule has 1 N–H and O–H groups in total. The Hall–Kier alpha value is -2.99. The van der Waals surface area contributed by atoms with E-state index in [1.807, 2.05) is 55.5 Å². The number of ether oxygens (including phenoxy) is 1. The topological polar surface area (TPSA) is 64.1 Å². The summed E-state index contributed by atoms with van der Waals surface area (Å²) in [5, 5.41) is 4.71. The zero-order valence-corrected chi connectivity index (χ0v) is 15.3. The minimum Gasteiger partial charge on any atom is -0.497 e. The lowest BCUT2D eigenvalue weighted by atomic mass is 10.1. The van der Waals surface area contributed by atoms with E-state index in [4.69, 9.17) is 4.74 Å². The quantitative estimate of drug-likeness (QED) is 0.593. The van der Waals surface area contributed by atoms with Gasteiger partial charge in [-0.15, -0.1) is 11.3 Å². The highest BCUT2D eigenvalue weighted by Gasteiger charge is 2.13. The van der Waals surface area contributed by atoms with Gasteiger partial charge in [0.15, 0.2) is 0 Å². The number of amides is 1. The third-order valence-corrected chi connectivity index (χ3v) is 5.23. The van der Waals surface area contributed by atoms with Crippen molar-refractivity contribution in [2.24, 2.45) is 0 Å². The smallest absolute Gasteiger partial charge is 0.253 e. The number of nitrogens with zero attached hydrogens (tertiary/aromatic N) is 2. The van der Waals surface area contributed by atoms with Crippen molar-refractivity contribution in [1.82, 2.24) is 15.3 Å². The molecule has 0 unspecified atom stereocenters. The van der Waals surface area contributed by atoms with Gasteiger partial charge in [-0.1, -0.05) is 12.1 Å². The van der Waals surface area contributed by atoms with Crippen LogP contribution >= 0.6 is 11.3 Å². The third-order valence-electron chi connectivity index (χ3n) is 4.20. The number of aryl methyl sites for hydroxylation is 1. The lowest BCUT2D eigenvalue weighted by molar-refractivity contribution is 0.0950. The van der Waals surface area contributed by atoms with Gasteiger partial charge in [0.1, 0.15) is 10.8 Å². The summed E-state index contributed by atoms with van der Waals surface area (Å²) in [4.78, 5) is 21.7. The Labute approximate surface area is 154 Å². The maximum Gasteiger partial charge on any atom is 0.253 e. The van der Waals surface area contributed by atoms with Crippen LogP contribution in [0.15, 0.2) is 48.5 Å². The first-order valence-electron chi connectivity index (χ1n) is 8.22. The SMILES string of the molecule is COc1ccc2nc(C)c(C(=O)NCc3nc4ccccc4s3)cc2c1. The summed E-state index contributed by atoms with van der Waals surface area (Å²) < 4.78 is 6.37. The molecule has 0 fully saturated rings. The van der Waals surface area contributed by atoms with Crippen LogP contribution in [0.4, 0.5) is 0 Å². The second kappa shape index (κ2) is 6.72. The molecule has 6 heteroatoms.